The van der Waals surface area contributed by atoms with E-state index in [4.69, 9.17) is 5.11 Å². The maximum atomic E-state index is 8.76. The van der Waals surface area contributed by atoms with Crippen molar-refractivity contribution >= 4 is 11.0 Å². The van der Waals surface area contributed by atoms with Crippen LogP contribution in [0.3, 0.4) is 0 Å². The number of imidazole rings is 1. The molecule has 0 aliphatic carbocycles. The first-order chi connectivity index (χ1) is 8.70. The Kier molecular flexibility index (Phi) is 4.33. The summed E-state index contributed by atoms with van der Waals surface area (Å²) >= 11 is 0. The molecule has 0 aliphatic rings. The Morgan fingerprint density at radius 2 is 2.17 bits per heavy atom. The van der Waals surface area contributed by atoms with Gasteiger partial charge in [-0.25, -0.2) is 4.98 Å². The molecule has 1 heterocycles. The highest BCUT2D eigenvalue weighted by atomic mass is 16.2. The third-order valence-electron chi connectivity index (χ3n) is 3.19. The van der Waals surface area contributed by atoms with Crippen LogP contribution in [-0.2, 0) is 13.6 Å². The van der Waals surface area contributed by atoms with Gasteiger partial charge in [-0.2, -0.15) is 0 Å². The van der Waals surface area contributed by atoms with Crippen LogP contribution in [0.1, 0.15) is 18.4 Å². The molecule has 4 heteroatoms. The number of hydrogen-bond donors (Lipinski definition) is 1. The lowest BCUT2D eigenvalue weighted by atomic mass is 10.2. The van der Waals surface area contributed by atoms with Crippen molar-refractivity contribution < 1.29 is 5.11 Å². The standard InChI is InChI=1S/C14H21N3O/c1-16(7-3-4-8-18)10-12-5-6-14-13(9-12)15-11-17(14)2/h5-6,9,11,18H,3-4,7-8,10H2,1-2H3. The van der Waals surface area contributed by atoms with Crippen molar-refractivity contribution in [2.24, 2.45) is 7.05 Å². The summed E-state index contributed by atoms with van der Waals surface area (Å²) in [5, 5.41) is 8.76. The largest absolute Gasteiger partial charge is 0.396 e. The number of hydrogen-bond acceptors (Lipinski definition) is 3. The Bertz CT molecular complexity index is 507. The topological polar surface area (TPSA) is 41.3 Å². The summed E-state index contributed by atoms with van der Waals surface area (Å²) in [6, 6.07) is 6.43. The third kappa shape index (κ3) is 3.09. The highest BCUT2D eigenvalue weighted by molar-refractivity contribution is 5.75. The minimum absolute atomic E-state index is 0.285. The van der Waals surface area contributed by atoms with Crippen molar-refractivity contribution in [3.05, 3.63) is 30.1 Å². The van der Waals surface area contributed by atoms with Gasteiger partial charge in [0.05, 0.1) is 17.4 Å². The van der Waals surface area contributed by atoms with Gasteiger partial charge >= 0.3 is 0 Å². The minimum Gasteiger partial charge on any atom is -0.396 e. The van der Waals surface area contributed by atoms with Crippen LogP contribution >= 0.6 is 0 Å². The average molecular weight is 247 g/mol. The Labute approximate surface area is 108 Å². The van der Waals surface area contributed by atoms with Gasteiger partial charge in [-0.1, -0.05) is 6.07 Å². The molecule has 0 bridgehead atoms. The fourth-order valence-electron chi connectivity index (χ4n) is 2.16. The van der Waals surface area contributed by atoms with Crippen LogP contribution in [-0.4, -0.2) is 39.8 Å². The second kappa shape index (κ2) is 5.98. The Morgan fingerprint density at radius 3 is 2.94 bits per heavy atom. The monoisotopic (exact) mass is 247 g/mol. The van der Waals surface area contributed by atoms with Gasteiger partial charge in [0.15, 0.2) is 0 Å². The first-order valence-electron chi connectivity index (χ1n) is 6.40. The number of unbranched alkanes of at least 4 members (excludes halogenated alkanes) is 1. The molecule has 1 aromatic carbocycles. The van der Waals surface area contributed by atoms with Crippen LogP contribution in [0.25, 0.3) is 11.0 Å². The molecular weight excluding hydrogens is 226 g/mol. The van der Waals surface area contributed by atoms with Gasteiger partial charge in [-0.3, -0.25) is 0 Å². The second-order valence-corrected chi connectivity index (χ2v) is 4.85. The lowest BCUT2D eigenvalue weighted by Crippen LogP contribution is -2.19. The van der Waals surface area contributed by atoms with Crippen molar-refractivity contribution in [3.63, 3.8) is 0 Å². The zero-order chi connectivity index (χ0) is 13.0. The van der Waals surface area contributed by atoms with Crippen molar-refractivity contribution in [2.75, 3.05) is 20.2 Å². The zero-order valence-corrected chi connectivity index (χ0v) is 11.1. The summed E-state index contributed by atoms with van der Waals surface area (Å²) in [5.74, 6) is 0. The summed E-state index contributed by atoms with van der Waals surface area (Å²) in [4.78, 5) is 6.65. The number of aryl methyl sites for hydroxylation is 1. The molecule has 0 atom stereocenters. The molecule has 0 radical (unpaired) electrons. The van der Waals surface area contributed by atoms with Crippen LogP contribution in [0.15, 0.2) is 24.5 Å². The molecule has 0 saturated carbocycles. The summed E-state index contributed by atoms with van der Waals surface area (Å²) in [7, 11) is 4.12. The zero-order valence-electron chi connectivity index (χ0n) is 11.1. The van der Waals surface area contributed by atoms with E-state index in [-0.39, 0.29) is 6.61 Å². The third-order valence-corrected chi connectivity index (χ3v) is 3.19. The lowest BCUT2D eigenvalue weighted by molar-refractivity contribution is 0.261. The van der Waals surface area contributed by atoms with E-state index in [2.05, 4.69) is 35.1 Å². The SMILES string of the molecule is CN(CCCCO)Cc1ccc2c(c1)ncn2C. The van der Waals surface area contributed by atoms with E-state index >= 15 is 0 Å². The van der Waals surface area contributed by atoms with E-state index in [9.17, 15) is 0 Å². The van der Waals surface area contributed by atoms with E-state index < -0.39 is 0 Å². The van der Waals surface area contributed by atoms with Gasteiger partial charge < -0.3 is 14.6 Å². The molecule has 98 valence electrons. The van der Waals surface area contributed by atoms with Crippen LogP contribution in [0.5, 0.6) is 0 Å². The quantitative estimate of drug-likeness (QED) is 0.791. The molecule has 0 spiro atoms. The first kappa shape index (κ1) is 13.1. The normalized spacial score (nSPS) is 11.6. The predicted octanol–water partition coefficient (Wildman–Crippen LogP) is 1.78. The minimum atomic E-state index is 0.285. The molecular formula is C14H21N3O. The smallest absolute Gasteiger partial charge is 0.0955 e. The van der Waals surface area contributed by atoms with Gasteiger partial charge in [0.2, 0.25) is 0 Å². The molecule has 0 unspecified atom stereocenters. The van der Waals surface area contributed by atoms with Crippen LogP contribution in [0, 0.1) is 0 Å². The van der Waals surface area contributed by atoms with E-state index in [0.29, 0.717) is 0 Å². The van der Waals surface area contributed by atoms with Gasteiger partial charge in [-0.15, -0.1) is 0 Å². The molecule has 4 nitrogen and oxygen atoms in total. The summed E-state index contributed by atoms with van der Waals surface area (Å²) in [6.45, 7) is 2.23. The maximum Gasteiger partial charge on any atom is 0.0955 e. The highest BCUT2D eigenvalue weighted by Gasteiger charge is 2.04. The van der Waals surface area contributed by atoms with Crippen molar-refractivity contribution in [1.82, 2.24) is 14.5 Å². The first-order valence-corrected chi connectivity index (χ1v) is 6.40. The van der Waals surface area contributed by atoms with Crippen molar-refractivity contribution in [1.29, 1.82) is 0 Å². The number of aliphatic hydroxyl groups excluding tert-OH is 1. The van der Waals surface area contributed by atoms with Crippen molar-refractivity contribution in [3.8, 4) is 0 Å². The Morgan fingerprint density at radius 1 is 1.33 bits per heavy atom. The fraction of sp³-hybridized carbons (Fsp3) is 0.500. The molecule has 2 aromatic rings. The summed E-state index contributed by atoms with van der Waals surface area (Å²) < 4.78 is 2.03. The summed E-state index contributed by atoms with van der Waals surface area (Å²) in [5.41, 5.74) is 3.51. The number of fused-ring (bicyclic) bond motifs is 1. The predicted molar refractivity (Wildman–Crippen MR) is 73.4 cm³/mol. The molecule has 1 N–H and O–H groups in total. The second-order valence-electron chi connectivity index (χ2n) is 4.85. The molecule has 2 rings (SSSR count). The fourth-order valence-corrected chi connectivity index (χ4v) is 2.16. The molecule has 18 heavy (non-hydrogen) atoms. The highest BCUT2D eigenvalue weighted by Crippen LogP contribution is 2.15. The Balaban J connectivity index is 1.98. The van der Waals surface area contributed by atoms with E-state index in [1.54, 1.807) is 0 Å². The molecule has 0 amide bonds. The lowest BCUT2D eigenvalue weighted by Gasteiger charge is -2.16. The molecule has 0 aliphatic heterocycles. The number of aliphatic hydroxyl groups is 1. The average Bonchev–Trinajstić information content (AvgIpc) is 2.71. The number of aromatic nitrogens is 2. The van der Waals surface area contributed by atoms with Crippen LogP contribution in [0.4, 0.5) is 0 Å². The van der Waals surface area contributed by atoms with E-state index in [1.807, 2.05) is 17.9 Å². The maximum absolute atomic E-state index is 8.76. The number of benzene rings is 1. The van der Waals surface area contributed by atoms with Gasteiger partial charge in [0.1, 0.15) is 0 Å². The molecule has 0 fully saturated rings. The van der Waals surface area contributed by atoms with E-state index in [0.717, 1.165) is 31.4 Å². The van der Waals surface area contributed by atoms with E-state index in [1.165, 1.54) is 11.1 Å². The van der Waals surface area contributed by atoms with Gasteiger partial charge in [0, 0.05) is 20.2 Å². The number of nitrogens with zero attached hydrogens (tertiary/aromatic N) is 3. The van der Waals surface area contributed by atoms with Crippen molar-refractivity contribution in [2.45, 2.75) is 19.4 Å². The molecule has 1 aromatic heterocycles. The number of rotatable bonds is 6. The Hall–Kier alpha value is -1.39. The van der Waals surface area contributed by atoms with Crippen LogP contribution in [0.2, 0.25) is 0 Å². The molecule has 0 saturated heterocycles. The van der Waals surface area contributed by atoms with Gasteiger partial charge in [0.25, 0.3) is 0 Å². The van der Waals surface area contributed by atoms with Gasteiger partial charge in [-0.05, 0) is 44.1 Å². The summed E-state index contributed by atoms with van der Waals surface area (Å²) in [6.07, 6.45) is 3.77. The van der Waals surface area contributed by atoms with Crippen LogP contribution < -0.4 is 0 Å².